The first-order valence-electron chi connectivity index (χ1n) is 13.6. The van der Waals surface area contributed by atoms with E-state index >= 15 is 0 Å². The maximum absolute atomic E-state index is 12.9. The fraction of sp³-hybridized carbons (Fsp3) is 0.577. The highest BCUT2D eigenvalue weighted by molar-refractivity contribution is 6.67. The largest absolute Gasteiger partial charge is 0.449 e. The van der Waals surface area contributed by atoms with Gasteiger partial charge in [-0.2, -0.15) is 13.2 Å². The molecule has 2 aliphatic rings. The average Bonchev–Trinajstić information content (AvgIpc) is 2.93. The van der Waals surface area contributed by atoms with Crippen molar-refractivity contribution in [1.29, 1.82) is 0 Å². The maximum Gasteiger partial charge on any atom is 0.434 e. The molecule has 15 heteroatoms. The molecule has 3 heterocycles. The molecule has 1 aromatic carbocycles. The molecule has 2 aromatic rings. The lowest BCUT2D eigenvalue weighted by molar-refractivity contribution is -0.141. The smallest absolute Gasteiger partial charge is 0.434 e. The number of piperazine rings is 1. The van der Waals surface area contributed by atoms with Crippen LogP contribution in [0.1, 0.15) is 44.4 Å². The molecule has 0 saturated carbocycles. The lowest BCUT2D eigenvalue weighted by atomic mass is 9.60. The summed E-state index contributed by atoms with van der Waals surface area (Å²) >= 11 is 0. The molecule has 2 aliphatic heterocycles. The molecule has 206 valence electrons. The molecule has 41 heavy (non-hydrogen) atoms. The topological polar surface area (TPSA) is 61.8 Å². The predicted molar refractivity (Wildman–Crippen MR) is 157 cm³/mol. The highest BCUT2D eigenvalue weighted by Crippen LogP contribution is 2.28. The third kappa shape index (κ3) is 7.09. The number of hydrogen-bond donors (Lipinski definition) is 0. The summed E-state index contributed by atoms with van der Waals surface area (Å²) in [7, 11) is 30.2. The third-order valence-electron chi connectivity index (χ3n) is 8.03. The molecule has 1 amide bonds. The number of piperidine rings is 1. The molecule has 0 aliphatic carbocycles. The van der Waals surface area contributed by atoms with Gasteiger partial charge < -0.3 is 9.64 Å². The van der Waals surface area contributed by atoms with Gasteiger partial charge in [0.25, 0.3) is 0 Å². The fourth-order valence-electron chi connectivity index (χ4n) is 5.62. The van der Waals surface area contributed by atoms with Crippen LogP contribution in [0.3, 0.4) is 0 Å². The molecule has 0 N–H and O–H groups in total. The van der Waals surface area contributed by atoms with Crippen molar-refractivity contribution < 1.29 is 22.7 Å². The lowest BCUT2D eigenvalue weighted by Gasteiger charge is -2.44. The predicted octanol–water partition coefficient (Wildman–Crippen LogP) is -1.20. The molecule has 0 bridgehead atoms. The Labute approximate surface area is 246 Å². The standard InChI is InChI=1S/C26H29B5F3N5O2/c1-14-11-38(19-10-35-18(9-36-19)26(32,33)34)12-15(2)39(14)25(40)41-8-5-16-3-6-37(7-4-16)13-17-20(27)22(29)24(31)23(30)21(17)28/h9-10,14-16H,3-8,11-13H2,1-2H3/t14-,15+. The third-order valence-corrected chi connectivity index (χ3v) is 8.03. The number of carbonyl (C=O) groups excluding carboxylic acids is 1. The van der Waals surface area contributed by atoms with E-state index in [1.807, 2.05) is 18.7 Å². The van der Waals surface area contributed by atoms with Crippen LogP contribution in [0.15, 0.2) is 12.4 Å². The molecule has 1 aromatic heterocycles. The van der Waals surface area contributed by atoms with Gasteiger partial charge in [-0.15, -0.1) is 27.3 Å². The molecule has 7 nitrogen and oxygen atoms in total. The summed E-state index contributed by atoms with van der Waals surface area (Å²) in [6.45, 7) is 7.02. The van der Waals surface area contributed by atoms with Crippen LogP contribution >= 0.6 is 0 Å². The van der Waals surface area contributed by atoms with Crippen molar-refractivity contribution in [2.75, 3.05) is 37.7 Å². The monoisotopic (exact) mass is 555 g/mol. The summed E-state index contributed by atoms with van der Waals surface area (Å²) in [5.41, 5.74) is 1.08. The summed E-state index contributed by atoms with van der Waals surface area (Å²) in [5, 5.41) is 0. The Kier molecular flexibility index (Phi) is 9.76. The molecular formula is C26H29B5F3N5O2. The first-order chi connectivity index (χ1) is 19.3. The Balaban J connectivity index is 1.22. The Morgan fingerprint density at radius 1 is 0.927 bits per heavy atom. The number of ether oxygens (including phenoxy) is 1. The van der Waals surface area contributed by atoms with E-state index in [-0.39, 0.29) is 28.5 Å². The van der Waals surface area contributed by atoms with Crippen LogP contribution in [-0.4, -0.2) is 110 Å². The molecule has 4 rings (SSSR count). The average molecular weight is 555 g/mol. The van der Waals surface area contributed by atoms with Gasteiger partial charge in [0.2, 0.25) is 0 Å². The van der Waals surface area contributed by atoms with Gasteiger partial charge in [-0.25, -0.2) is 14.8 Å². The number of benzene rings is 1. The number of rotatable bonds is 6. The molecular weight excluding hydrogens is 525 g/mol. The van der Waals surface area contributed by atoms with Crippen LogP contribution in [0.4, 0.5) is 23.8 Å². The minimum Gasteiger partial charge on any atom is -0.449 e. The molecule has 10 radical (unpaired) electrons. The van der Waals surface area contributed by atoms with E-state index in [0.29, 0.717) is 54.5 Å². The first kappa shape index (κ1) is 31.4. The van der Waals surface area contributed by atoms with Crippen LogP contribution < -0.4 is 32.2 Å². The SMILES string of the molecule is [B]c1c([B])c([B])c(CN2CCC(CCOC(=O)N3[C@H](C)CN(c4cnc(C(F)(F)F)cn4)C[C@@H]3C)CC2)c([B])c1[B]. The zero-order chi connectivity index (χ0) is 30.1. The second kappa shape index (κ2) is 12.8. The number of alkyl halides is 3. The zero-order valence-electron chi connectivity index (χ0n) is 23.3. The van der Waals surface area contributed by atoms with Gasteiger partial charge in [0.1, 0.15) is 45.0 Å². The number of halogens is 3. The second-order valence-corrected chi connectivity index (χ2v) is 10.9. The highest BCUT2D eigenvalue weighted by atomic mass is 19.4. The van der Waals surface area contributed by atoms with E-state index < -0.39 is 18.0 Å². The van der Waals surface area contributed by atoms with Crippen LogP contribution in [0, 0.1) is 5.92 Å². The Morgan fingerprint density at radius 3 is 2.00 bits per heavy atom. The van der Waals surface area contributed by atoms with Gasteiger partial charge in [0.15, 0.2) is 5.69 Å². The Morgan fingerprint density at radius 2 is 1.49 bits per heavy atom. The number of anilines is 1. The summed E-state index contributed by atoms with van der Waals surface area (Å²) in [5.74, 6) is 0.741. The Bertz CT molecular complexity index is 1200. The molecule has 0 spiro atoms. The van der Waals surface area contributed by atoms with Crippen LogP contribution in [0.5, 0.6) is 0 Å². The van der Waals surface area contributed by atoms with Crippen molar-refractivity contribution in [2.24, 2.45) is 5.92 Å². The van der Waals surface area contributed by atoms with Gasteiger partial charge in [-0.3, -0.25) is 9.80 Å². The van der Waals surface area contributed by atoms with Crippen molar-refractivity contribution in [2.45, 2.75) is 57.9 Å². The molecule has 0 unspecified atom stereocenters. The second-order valence-electron chi connectivity index (χ2n) is 10.9. The van der Waals surface area contributed by atoms with Crippen molar-refractivity contribution in [1.82, 2.24) is 19.8 Å². The lowest BCUT2D eigenvalue weighted by Crippen LogP contribution is -2.59. The normalized spacial score (nSPS) is 20.8. The Hall–Kier alpha value is -2.56. The molecule has 2 fully saturated rings. The van der Waals surface area contributed by atoms with E-state index in [1.54, 1.807) is 4.90 Å². The quantitative estimate of drug-likeness (QED) is 0.419. The zero-order valence-corrected chi connectivity index (χ0v) is 23.3. The van der Waals surface area contributed by atoms with E-state index in [1.165, 1.54) is 0 Å². The van der Waals surface area contributed by atoms with E-state index in [4.69, 9.17) is 44.0 Å². The number of likely N-dealkylation sites (tertiary alicyclic amines) is 1. The van der Waals surface area contributed by atoms with E-state index in [0.717, 1.165) is 44.7 Å². The van der Waals surface area contributed by atoms with Crippen molar-refractivity contribution in [3.8, 4) is 0 Å². The molecule has 2 saturated heterocycles. The van der Waals surface area contributed by atoms with Crippen molar-refractivity contribution in [3.05, 3.63) is 23.7 Å². The molecule has 2 atom stereocenters. The maximum atomic E-state index is 12.9. The summed E-state index contributed by atoms with van der Waals surface area (Å²) in [6, 6.07) is -0.454. The minimum absolute atomic E-state index is 0.205. The number of nitrogens with zero attached hydrogens (tertiary/aromatic N) is 5. The summed E-state index contributed by atoms with van der Waals surface area (Å²) in [6.07, 6.45) is -0.499. The van der Waals surface area contributed by atoms with Gasteiger partial charge >= 0.3 is 12.3 Å². The van der Waals surface area contributed by atoms with Gasteiger partial charge in [-0.05, 0) is 57.7 Å². The van der Waals surface area contributed by atoms with Gasteiger partial charge in [0, 0.05) is 19.6 Å². The number of amides is 1. The number of carbonyl (C=O) groups is 1. The fourth-order valence-corrected chi connectivity index (χ4v) is 5.62. The van der Waals surface area contributed by atoms with Crippen LogP contribution in [0.2, 0.25) is 0 Å². The van der Waals surface area contributed by atoms with Crippen molar-refractivity contribution >= 4 is 78.5 Å². The minimum atomic E-state index is -4.55. The number of aromatic nitrogens is 2. The number of hydrogen-bond acceptors (Lipinski definition) is 6. The van der Waals surface area contributed by atoms with E-state index in [9.17, 15) is 18.0 Å². The highest BCUT2D eigenvalue weighted by Gasteiger charge is 2.36. The summed E-state index contributed by atoms with van der Waals surface area (Å²) < 4.78 is 44.1. The van der Waals surface area contributed by atoms with Gasteiger partial charge in [0.05, 0.1) is 31.1 Å². The van der Waals surface area contributed by atoms with Crippen LogP contribution in [0.25, 0.3) is 0 Å². The van der Waals surface area contributed by atoms with Crippen molar-refractivity contribution in [3.63, 3.8) is 0 Å². The first-order valence-corrected chi connectivity index (χ1v) is 13.6. The van der Waals surface area contributed by atoms with Gasteiger partial charge in [-0.1, -0.05) is 0 Å². The van der Waals surface area contributed by atoms with E-state index in [2.05, 4.69) is 14.9 Å². The van der Waals surface area contributed by atoms with Crippen LogP contribution in [-0.2, 0) is 17.5 Å². The summed E-state index contributed by atoms with van der Waals surface area (Å²) in [4.78, 5) is 26.1.